The molecule has 0 amide bonds. The Morgan fingerprint density at radius 3 is 2.74 bits per heavy atom. The molecule has 7 heteroatoms. The molecule has 2 heterocycles. The number of nitrogens with zero attached hydrogens (tertiary/aromatic N) is 2. The summed E-state index contributed by atoms with van der Waals surface area (Å²) < 4.78 is 4.97. The largest absolute Gasteiger partial charge is 0.468 e. The summed E-state index contributed by atoms with van der Waals surface area (Å²) in [6.07, 6.45) is 3.54. The number of hydrogen-bond donors (Lipinski definition) is 1. The van der Waals surface area contributed by atoms with Crippen LogP contribution in [0, 0.1) is 0 Å². The molecule has 0 spiro atoms. The standard InChI is InChI=1S/C16H19N3O2S.ClH/c1-21-15(20)14-8-7-13(11-5-3-2-4-6-11)19(14)10-12-9-18-16(17)22-12;/h2-6,9,13-14H,7-8,10H2,1H3,(H2,17,18);1H/t13-,14-;/m0./s1. The Labute approximate surface area is 145 Å². The third kappa shape index (κ3) is 3.83. The molecule has 2 aromatic rings. The van der Waals surface area contributed by atoms with E-state index in [2.05, 4.69) is 22.0 Å². The third-order valence-corrected chi connectivity index (χ3v) is 4.89. The number of rotatable bonds is 4. The molecule has 0 radical (unpaired) electrons. The number of benzene rings is 1. The van der Waals surface area contributed by atoms with E-state index in [1.54, 1.807) is 6.20 Å². The first-order chi connectivity index (χ1) is 10.7. The molecule has 1 aromatic carbocycles. The Morgan fingerprint density at radius 1 is 1.39 bits per heavy atom. The summed E-state index contributed by atoms with van der Waals surface area (Å²) in [7, 11) is 1.45. The van der Waals surface area contributed by atoms with E-state index >= 15 is 0 Å². The molecule has 1 fully saturated rings. The molecule has 1 saturated heterocycles. The Kier molecular flexibility index (Phi) is 5.98. The highest BCUT2D eigenvalue weighted by molar-refractivity contribution is 7.15. The Bertz CT molecular complexity index is 650. The van der Waals surface area contributed by atoms with Crippen LogP contribution in [-0.4, -0.2) is 29.0 Å². The number of methoxy groups -OCH3 is 1. The van der Waals surface area contributed by atoms with Gasteiger partial charge in [-0.25, -0.2) is 4.98 Å². The molecule has 2 atom stereocenters. The quantitative estimate of drug-likeness (QED) is 0.856. The fourth-order valence-electron chi connectivity index (χ4n) is 3.08. The van der Waals surface area contributed by atoms with Crippen molar-refractivity contribution in [3.8, 4) is 0 Å². The summed E-state index contributed by atoms with van der Waals surface area (Å²) in [4.78, 5) is 19.5. The van der Waals surface area contributed by atoms with E-state index in [-0.39, 0.29) is 30.5 Å². The number of nitrogen functional groups attached to an aromatic ring is 1. The van der Waals surface area contributed by atoms with Crippen LogP contribution in [0.1, 0.15) is 29.3 Å². The van der Waals surface area contributed by atoms with Crippen LogP contribution in [0.25, 0.3) is 0 Å². The first kappa shape index (κ1) is 17.7. The van der Waals surface area contributed by atoms with Gasteiger partial charge < -0.3 is 10.5 Å². The van der Waals surface area contributed by atoms with Crippen molar-refractivity contribution < 1.29 is 9.53 Å². The molecular formula is C16H20ClN3O2S. The molecule has 1 aromatic heterocycles. The van der Waals surface area contributed by atoms with Gasteiger partial charge in [0.2, 0.25) is 0 Å². The Morgan fingerprint density at radius 2 is 2.13 bits per heavy atom. The lowest BCUT2D eigenvalue weighted by atomic mass is 10.0. The second kappa shape index (κ2) is 7.77. The topological polar surface area (TPSA) is 68.5 Å². The summed E-state index contributed by atoms with van der Waals surface area (Å²) in [6.45, 7) is 0.661. The van der Waals surface area contributed by atoms with E-state index in [1.165, 1.54) is 24.0 Å². The number of halogens is 1. The fourth-order valence-corrected chi connectivity index (χ4v) is 3.78. The van der Waals surface area contributed by atoms with E-state index < -0.39 is 0 Å². The van der Waals surface area contributed by atoms with E-state index in [9.17, 15) is 4.79 Å². The van der Waals surface area contributed by atoms with Crippen LogP contribution < -0.4 is 5.73 Å². The van der Waals surface area contributed by atoms with Crippen LogP contribution in [0.5, 0.6) is 0 Å². The van der Waals surface area contributed by atoms with Crippen LogP contribution in [0.15, 0.2) is 36.5 Å². The van der Waals surface area contributed by atoms with Gasteiger partial charge in [0.05, 0.1) is 7.11 Å². The zero-order chi connectivity index (χ0) is 15.5. The number of hydrogen-bond acceptors (Lipinski definition) is 6. The van der Waals surface area contributed by atoms with E-state index in [0.717, 1.165) is 17.7 Å². The molecule has 0 aliphatic carbocycles. The third-order valence-electron chi connectivity index (χ3n) is 4.08. The van der Waals surface area contributed by atoms with Gasteiger partial charge in [-0.15, -0.1) is 23.7 Å². The number of carbonyl (C=O) groups excluding carboxylic acids is 1. The summed E-state index contributed by atoms with van der Waals surface area (Å²) in [5, 5.41) is 0.556. The van der Waals surface area contributed by atoms with Crippen molar-refractivity contribution in [2.75, 3.05) is 12.8 Å². The SMILES string of the molecule is COC(=O)[C@@H]1CC[C@@H](c2ccccc2)N1Cc1cnc(N)s1.Cl. The van der Waals surface area contributed by atoms with Crippen molar-refractivity contribution in [3.05, 3.63) is 47.0 Å². The zero-order valence-electron chi connectivity index (χ0n) is 12.8. The maximum Gasteiger partial charge on any atom is 0.323 e. The summed E-state index contributed by atoms with van der Waals surface area (Å²) in [5.41, 5.74) is 6.94. The van der Waals surface area contributed by atoms with Crippen molar-refractivity contribution in [1.82, 2.24) is 9.88 Å². The van der Waals surface area contributed by atoms with Gasteiger partial charge in [-0.3, -0.25) is 9.69 Å². The van der Waals surface area contributed by atoms with Crippen molar-refractivity contribution >= 4 is 34.8 Å². The minimum absolute atomic E-state index is 0. The van der Waals surface area contributed by atoms with Crippen LogP contribution >= 0.6 is 23.7 Å². The van der Waals surface area contributed by atoms with Crippen LogP contribution in [-0.2, 0) is 16.1 Å². The molecule has 0 bridgehead atoms. The lowest BCUT2D eigenvalue weighted by molar-refractivity contribution is -0.146. The van der Waals surface area contributed by atoms with Gasteiger partial charge in [0.25, 0.3) is 0 Å². The normalized spacial score (nSPS) is 20.9. The van der Waals surface area contributed by atoms with Crippen molar-refractivity contribution in [3.63, 3.8) is 0 Å². The maximum absolute atomic E-state index is 12.1. The van der Waals surface area contributed by atoms with Gasteiger partial charge in [-0.05, 0) is 18.4 Å². The monoisotopic (exact) mass is 353 g/mol. The van der Waals surface area contributed by atoms with Crippen LogP contribution in [0.2, 0.25) is 0 Å². The minimum atomic E-state index is -0.210. The molecule has 23 heavy (non-hydrogen) atoms. The molecule has 0 unspecified atom stereocenters. The number of likely N-dealkylation sites (tertiary alicyclic amines) is 1. The zero-order valence-corrected chi connectivity index (χ0v) is 14.5. The summed E-state index contributed by atoms with van der Waals surface area (Å²) >= 11 is 1.47. The number of nitrogens with two attached hydrogens (primary N) is 1. The molecule has 5 nitrogen and oxygen atoms in total. The number of esters is 1. The smallest absolute Gasteiger partial charge is 0.323 e. The van der Waals surface area contributed by atoms with Crippen molar-refractivity contribution in [1.29, 1.82) is 0 Å². The predicted molar refractivity (Wildman–Crippen MR) is 93.5 cm³/mol. The van der Waals surface area contributed by atoms with Crippen LogP contribution in [0.4, 0.5) is 5.13 Å². The van der Waals surface area contributed by atoms with Crippen molar-refractivity contribution in [2.45, 2.75) is 31.5 Å². The lowest BCUT2D eigenvalue weighted by Gasteiger charge is -2.28. The predicted octanol–water partition coefficient (Wildman–Crippen LogP) is 3.03. The highest BCUT2D eigenvalue weighted by Crippen LogP contribution is 2.38. The van der Waals surface area contributed by atoms with Gasteiger partial charge >= 0.3 is 5.97 Å². The molecule has 1 aliphatic heterocycles. The first-order valence-corrected chi connectivity index (χ1v) is 8.09. The molecule has 2 N–H and O–H groups in total. The van der Waals surface area contributed by atoms with E-state index in [4.69, 9.17) is 10.5 Å². The van der Waals surface area contributed by atoms with Gasteiger partial charge in [-0.1, -0.05) is 30.3 Å². The fraction of sp³-hybridized carbons (Fsp3) is 0.375. The van der Waals surface area contributed by atoms with Gasteiger partial charge in [0.15, 0.2) is 5.13 Å². The molecule has 0 saturated carbocycles. The number of ether oxygens (including phenoxy) is 1. The number of aromatic nitrogens is 1. The number of carbonyl (C=O) groups is 1. The number of anilines is 1. The summed E-state index contributed by atoms with van der Waals surface area (Å²) in [5.74, 6) is -0.170. The molecule has 1 aliphatic rings. The van der Waals surface area contributed by atoms with Gasteiger partial charge in [0, 0.05) is 23.7 Å². The van der Waals surface area contributed by atoms with Crippen LogP contribution in [0.3, 0.4) is 0 Å². The number of thiazole rings is 1. The highest BCUT2D eigenvalue weighted by atomic mass is 35.5. The van der Waals surface area contributed by atoms with E-state index in [1.807, 2.05) is 18.2 Å². The average Bonchev–Trinajstić information content (AvgIpc) is 3.14. The second-order valence-electron chi connectivity index (χ2n) is 5.38. The van der Waals surface area contributed by atoms with Gasteiger partial charge in [-0.2, -0.15) is 0 Å². The maximum atomic E-state index is 12.1. The minimum Gasteiger partial charge on any atom is -0.468 e. The van der Waals surface area contributed by atoms with E-state index in [0.29, 0.717) is 11.7 Å². The summed E-state index contributed by atoms with van der Waals surface area (Å²) in [6, 6.07) is 10.3. The second-order valence-corrected chi connectivity index (χ2v) is 6.53. The molecule has 3 rings (SSSR count). The lowest BCUT2D eigenvalue weighted by Crippen LogP contribution is -2.37. The van der Waals surface area contributed by atoms with Gasteiger partial charge in [0.1, 0.15) is 6.04 Å². The molecular weight excluding hydrogens is 334 g/mol. The molecule has 124 valence electrons. The Hall–Kier alpha value is -1.63. The average molecular weight is 354 g/mol. The van der Waals surface area contributed by atoms with Crippen molar-refractivity contribution in [2.24, 2.45) is 0 Å². The first-order valence-electron chi connectivity index (χ1n) is 7.27. The highest BCUT2D eigenvalue weighted by Gasteiger charge is 2.39. The Balaban J connectivity index is 0.00000192.